The zero-order valence-corrected chi connectivity index (χ0v) is 20.8. The summed E-state index contributed by atoms with van der Waals surface area (Å²) in [5, 5.41) is 29.1. The van der Waals surface area contributed by atoms with Gasteiger partial charge in [-0.15, -0.1) is 0 Å². The van der Waals surface area contributed by atoms with E-state index in [1.165, 1.54) is 28.8 Å². The second-order valence-corrected chi connectivity index (χ2v) is 9.72. The minimum atomic E-state index is -0.948. The standard InChI is InChI=1S/C27H30ClFN2O5/c1-17-12-19(4-7-24(17)36-11-10-31-25(32)8-9-26(31)33)16-30(15-18-2-3-18)23(14-27(34)35)20-5-6-21(28)22(29)13-20/h4-9,12-13,18,23,32-33H,2-3,10-11,14-16H2,1H3,(H,34,35). The van der Waals surface area contributed by atoms with Gasteiger partial charge in [-0.05, 0) is 60.6 Å². The molecule has 1 unspecified atom stereocenters. The zero-order valence-electron chi connectivity index (χ0n) is 20.0. The van der Waals surface area contributed by atoms with Gasteiger partial charge < -0.3 is 20.1 Å². The molecule has 4 rings (SSSR count). The van der Waals surface area contributed by atoms with Crippen molar-refractivity contribution in [3.63, 3.8) is 0 Å². The molecule has 2 aromatic carbocycles. The molecule has 1 aromatic heterocycles. The quantitative estimate of drug-likeness (QED) is 0.294. The smallest absolute Gasteiger partial charge is 0.305 e. The fourth-order valence-corrected chi connectivity index (χ4v) is 4.52. The Morgan fingerprint density at radius 3 is 2.50 bits per heavy atom. The maximum Gasteiger partial charge on any atom is 0.305 e. The van der Waals surface area contributed by atoms with Crippen LogP contribution in [0, 0.1) is 18.7 Å². The number of aliphatic carboxylic acids is 1. The fourth-order valence-electron chi connectivity index (χ4n) is 4.41. The Kier molecular flexibility index (Phi) is 8.06. The van der Waals surface area contributed by atoms with Crippen molar-refractivity contribution in [3.8, 4) is 17.5 Å². The average Bonchev–Trinajstić information content (AvgIpc) is 3.59. The van der Waals surface area contributed by atoms with Crippen molar-refractivity contribution in [2.75, 3.05) is 13.2 Å². The summed E-state index contributed by atoms with van der Waals surface area (Å²) >= 11 is 5.86. The molecular formula is C27H30ClFN2O5. The second kappa shape index (κ2) is 11.2. The lowest BCUT2D eigenvalue weighted by Gasteiger charge is -2.32. The molecule has 36 heavy (non-hydrogen) atoms. The van der Waals surface area contributed by atoms with E-state index in [9.17, 15) is 24.5 Å². The van der Waals surface area contributed by atoms with Gasteiger partial charge in [0.1, 0.15) is 18.2 Å². The molecule has 0 aliphatic heterocycles. The molecule has 0 spiro atoms. The molecular weight excluding hydrogens is 487 g/mol. The van der Waals surface area contributed by atoms with Gasteiger partial charge in [-0.1, -0.05) is 29.8 Å². The van der Waals surface area contributed by atoms with Gasteiger partial charge in [0.05, 0.1) is 18.0 Å². The van der Waals surface area contributed by atoms with Gasteiger partial charge in [0.2, 0.25) is 0 Å². The van der Waals surface area contributed by atoms with Crippen LogP contribution >= 0.6 is 11.6 Å². The summed E-state index contributed by atoms with van der Waals surface area (Å²) in [5.74, 6) is -0.388. The summed E-state index contributed by atoms with van der Waals surface area (Å²) in [6, 6.07) is 12.6. The Morgan fingerprint density at radius 1 is 1.17 bits per heavy atom. The summed E-state index contributed by atoms with van der Waals surface area (Å²) in [6.07, 6.45) is 2.06. The number of halogens is 2. The molecule has 3 N–H and O–H groups in total. The lowest BCUT2D eigenvalue weighted by molar-refractivity contribution is -0.138. The van der Waals surface area contributed by atoms with Crippen LogP contribution in [0.5, 0.6) is 17.5 Å². The maximum atomic E-state index is 14.2. The van der Waals surface area contributed by atoms with Gasteiger partial charge in [-0.25, -0.2) is 4.39 Å². The first-order valence-electron chi connectivity index (χ1n) is 11.9. The van der Waals surface area contributed by atoms with Gasteiger partial charge in [0.15, 0.2) is 11.8 Å². The van der Waals surface area contributed by atoms with Gasteiger partial charge in [-0.3, -0.25) is 14.3 Å². The predicted molar refractivity (Wildman–Crippen MR) is 134 cm³/mol. The molecule has 9 heteroatoms. The molecule has 1 aliphatic rings. The normalized spacial score (nSPS) is 14.2. The molecule has 192 valence electrons. The highest BCUT2D eigenvalue weighted by Crippen LogP contribution is 2.36. The molecule has 0 amide bonds. The monoisotopic (exact) mass is 516 g/mol. The third kappa shape index (κ3) is 6.50. The fraction of sp³-hybridized carbons (Fsp3) is 0.370. The van der Waals surface area contributed by atoms with Crippen LogP contribution in [0.25, 0.3) is 0 Å². The number of aryl methyl sites for hydroxylation is 1. The predicted octanol–water partition coefficient (Wildman–Crippen LogP) is 5.51. The number of rotatable bonds is 12. The van der Waals surface area contributed by atoms with E-state index in [2.05, 4.69) is 4.90 Å². The number of aromatic nitrogens is 1. The van der Waals surface area contributed by atoms with Crippen molar-refractivity contribution in [1.82, 2.24) is 9.47 Å². The van der Waals surface area contributed by atoms with Crippen LogP contribution in [0.1, 0.15) is 42.0 Å². The topological polar surface area (TPSA) is 95.2 Å². The van der Waals surface area contributed by atoms with Gasteiger partial charge >= 0.3 is 5.97 Å². The Hall–Kier alpha value is -3.23. The molecule has 3 aromatic rings. The number of nitrogens with zero attached hydrogens (tertiary/aromatic N) is 2. The third-order valence-electron chi connectivity index (χ3n) is 6.46. The van der Waals surface area contributed by atoms with E-state index in [4.69, 9.17) is 16.3 Å². The highest BCUT2D eigenvalue weighted by atomic mass is 35.5. The highest BCUT2D eigenvalue weighted by Gasteiger charge is 2.30. The zero-order chi connectivity index (χ0) is 25.8. The van der Waals surface area contributed by atoms with Crippen molar-refractivity contribution in [3.05, 3.63) is 76.1 Å². The number of hydrogen-bond acceptors (Lipinski definition) is 5. The number of ether oxygens (including phenoxy) is 1. The van der Waals surface area contributed by atoms with Crippen molar-refractivity contribution in [1.29, 1.82) is 0 Å². The lowest BCUT2D eigenvalue weighted by atomic mass is 10.00. The Morgan fingerprint density at radius 2 is 1.89 bits per heavy atom. The summed E-state index contributed by atoms with van der Waals surface area (Å²) in [5.41, 5.74) is 2.49. The van der Waals surface area contributed by atoms with E-state index in [0.29, 0.717) is 23.8 Å². The first kappa shape index (κ1) is 25.9. The van der Waals surface area contributed by atoms with Crippen LogP contribution in [-0.2, 0) is 17.9 Å². The van der Waals surface area contributed by atoms with Gasteiger partial charge in [-0.2, -0.15) is 0 Å². The van der Waals surface area contributed by atoms with E-state index in [0.717, 1.165) is 30.5 Å². The van der Waals surface area contributed by atoms with Crippen molar-refractivity contribution in [2.24, 2.45) is 5.92 Å². The molecule has 1 atom stereocenters. The molecule has 1 fully saturated rings. The van der Waals surface area contributed by atoms with Gasteiger partial charge in [0, 0.05) is 31.3 Å². The van der Waals surface area contributed by atoms with E-state index >= 15 is 0 Å². The second-order valence-electron chi connectivity index (χ2n) is 9.31. The third-order valence-corrected chi connectivity index (χ3v) is 6.77. The molecule has 1 saturated carbocycles. The molecule has 0 saturated heterocycles. The SMILES string of the molecule is Cc1cc(CN(CC2CC2)C(CC(=O)O)c2ccc(Cl)c(F)c2)ccc1OCCn1c(O)ccc1O. The number of carboxylic acids is 1. The van der Waals surface area contributed by atoms with Crippen LogP contribution in [0.3, 0.4) is 0 Å². The summed E-state index contributed by atoms with van der Waals surface area (Å²) < 4.78 is 21.4. The molecule has 1 aliphatic carbocycles. The van der Waals surface area contributed by atoms with E-state index in [-0.39, 0.29) is 36.4 Å². The van der Waals surface area contributed by atoms with E-state index < -0.39 is 17.8 Å². The minimum Gasteiger partial charge on any atom is -0.494 e. The van der Waals surface area contributed by atoms with E-state index in [1.54, 1.807) is 6.07 Å². The molecule has 0 radical (unpaired) electrons. The minimum absolute atomic E-state index is 0.00924. The Labute approximate surface area is 214 Å². The number of benzene rings is 2. The van der Waals surface area contributed by atoms with Crippen molar-refractivity contribution in [2.45, 2.75) is 45.3 Å². The number of carboxylic acid groups (broad SMARTS) is 1. The molecule has 1 heterocycles. The summed E-state index contributed by atoms with van der Waals surface area (Å²) in [4.78, 5) is 13.8. The first-order valence-corrected chi connectivity index (χ1v) is 12.3. The number of carbonyl (C=O) groups is 1. The van der Waals surface area contributed by atoms with Crippen LogP contribution in [0.2, 0.25) is 5.02 Å². The molecule has 7 nitrogen and oxygen atoms in total. The Bertz CT molecular complexity index is 1210. The van der Waals surface area contributed by atoms with Crippen molar-refractivity contribution >= 4 is 17.6 Å². The van der Waals surface area contributed by atoms with Crippen LogP contribution < -0.4 is 4.74 Å². The van der Waals surface area contributed by atoms with Gasteiger partial charge in [0.25, 0.3) is 0 Å². The maximum absolute atomic E-state index is 14.2. The van der Waals surface area contributed by atoms with Crippen LogP contribution in [0.15, 0.2) is 48.5 Å². The van der Waals surface area contributed by atoms with E-state index in [1.807, 2.05) is 25.1 Å². The molecule has 0 bridgehead atoms. The lowest BCUT2D eigenvalue weighted by Crippen LogP contribution is -2.32. The average molecular weight is 517 g/mol. The van der Waals surface area contributed by atoms with Crippen LogP contribution in [-0.4, -0.2) is 43.9 Å². The highest BCUT2D eigenvalue weighted by molar-refractivity contribution is 6.30. The summed E-state index contributed by atoms with van der Waals surface area (Å²) in [7, 11) is 0. The van der Waals surface area contributed by atoms with Crippen molar-refractivity contribution < 1.29 is 29.2 Å². The number of aromatic hydroxyl groups is 2. The first-order chi connectivity index (χ1) is 17.2. The van der Waals surface area contributed by atoms with Crippen LogP contribution in [0.4, 0.5) is 4.39 Å². The number of hydrogen-bond donors (Lipinski definition) is 3. The summed E-state index contributed by atoms with van der Waals surface area (Å²) in [6.45, 7) is 3.70. The Balaban J connectivity index is 1.49. The largest absolute Gasteiger partial charge is 0.494 e.